The van der Waals surface area contributed by atoms with Crippen molar-refractivity contribution in [2.45, 2.75) is 6.42 Å². The number of benzene rings is 2. The highest BCUT2D eigenvalue weighted by Crippen LogP contribution is 2.35. The normalized spacial score (nSPS) is 12.6. The highest BCUT2D eigenvalue weighted by atomic mass is 16.5. The predicted octanol–water partition coefficient (Wildman–Crippen LogP) is 4.35. The lowest BCUT2D eigenvalue weighted by atomic mass is 10.1. The average Bonchev–Trinajstić information content (AvgIpc) is 3.45. The molecule has 3 heterocycles. The molecular formula is C25H22N4O5. The second kappa shape index (κ2) is 9.14. The van der Waals surface area contributed by atoms with E-state index in [1.807, 2.05) is 18.2 Å². The van der Waals surface area contributed by atoms with Gasteiger partial charge in [-0.05, 0) is 54.6 Å². The minimum atomic E-state index is -0.350. The van der Waals surface area contributed by atoms with Crippen LogP contribution in [-0.4, -0.2) is 34.8 Å². The van der Waals surface area contributed by atoms with E-state index in [1.165, 1.54) is 6.26 Å². The number of anilines is 2. The Morgan fingerprint density at radius 1 is 0.912 bits per heavy atom. The third-order valence-corrected chi connectivity index (χ3v) is 5.24. The zero-order valence-corrected chi connectivity index (χ0v) is 18.4. The minimum Gasteiger partial charge on any atom is -0.490 e. The lowest BCUT2D eigenvalue weighted by molar-refractivity contribution is 0.0994. The van der Waals surface area contributed by atoms with Crippen molar-refractivity contribution >= 4 is 23.2 Å². The first-order valence-electron chi connectivity index (χ1n) is 10.8. The fourth-order valence-electron chi connectivity index (χ4n) is 3.61. The van der Waals surface area contributed by atoms with Gasteiger partial charge in [0.2, 0.25) is 0 Å². The summed E-state index contributed by atoms with van der Waals surface area (Å²) in [5.41, 5.74) is 2.87. The fourth-order valence-corrected chi connectivity index (χ4v) is 3.61. The molecule has 1 aliphatic rings. The molecule has 34 heavy (non-hydrogen) atoms. The summed E-state index contributed by atoms with van der Waals surface area (Å²) >= 11 is 0. The number of aryl methyl sites for hydroxylation is 1. The van der Waals surface area contributed by atoms with Gasteiger partial charge in [0.15, 0.2) is 17.3 Å². The van der Waals surface area contributed by atoms with Crippen LogP contribution in [0.5, 0.6) is 11.5 Å². The van der Waals surface area contributed by atoms with Crippen molar-refractivity contribution in [3.05, 3.63) is 78.4 Å². The van der Waals surface area contributed by atoms with E-state index < -0.39 is 0 Å². The molecule has 2 amide bonds. The van der Waals surface area contributed by atoms with Crippen LogP contribution in [0.4, 0.5) is 11.4 Å². The number of nitrogens with one attached hydrogen (secondary N) is 2. The van der Waals surface area contributed by atoms with Gasteiger partial charge in [0, 0.05) is 36.6 Å². The summed E-state index contributed by atoms with van der Waals surface area (Å²) < 4.78 is 18.2. The van der Waals surface area contributed by atoms with E-state index in [9.17, 15) is 9.59 Å². The first-order valence-corrected chi connectivity index (χ1v) is 10.8. The largest absolute Gasteiger partial charge is 0.490 e. The van der Waals surface area contributed by atoms with Gasteiger partial charge in [-0.15, -0.1) is 0 Å². The Morgan fingerprint density at radius 2 is 1.62 bits per heavy atom. The average molecular weight is 458 g/mol. The molecule has 9 heteroatoms. The standard InChI is InChI=1S/C25H22N4O5/c1-29-15-19(23(28-29)16-5-10-20-22(14-16)34-13-3-12-32-20)24(30)26-17-6-8-18(9-7-17)27-25(31)21-4-2-11-33-21/h2,4-11,14-15H,3,12-13H2,1H3,(H,26,30)(H,27,31). The maximum Gasteiger partial charge on any atom is 0.291 e. The second-order valence-electron chi connectivity index (χ2n) is 7.74. The fraction of sp³-hybridized carbons (Fsp3) is 0.160. The molecule has 172 valence electrons. The van der Waals surface area contributed by atoms with Crippen molar-refractivity contribution in [2.24, 2.45) is 7.05 Å². The minimum absolute atomic E-state index is 0.219. The third kappa shape index (κ3) is 4.49. The van der Waals surface area contributed by atoms with Gasteiger partial charge < -0.3 is 24.5 Å². The molecule has 0 fully saturated rings. The summed E-state index contributed by atoms with van der Waals surface area (Å²) in [6, 6.07) is 15.6. The maximum absolute atomic E-state index is 13.1. The molecule has 0 aliphatic carbocycles. The number of carbonyl (C=O) groups excluding carboxylic acids is 2. The molecule has 0 spiro atoms. The molecule has 2 aromatic heterocycles. The molecule has 0 bridgehead atoms. The number of hydrogen-bond donors (Lipinski definition) is 2. The molecule has 1 aliphatic heterocycles. The smallest absolute Gasteiger partial charge is 0.291 e. The topological polar surface area (TPSA) is 108 Å². The molecule has 5 rings (SSSR count). The number of carbonyl (C=O) groups is 2. The summed E-state index contributed by atoms with van der Waals surface area (Å²) in [7, 11) is 1.76. The van der Waals surface area contributed by atoms with Crippen LogP contribution in [0, 0.1) is 0 Å². The van der Waals surface area contributed by atoms with Gasteiger partial charge in [0.05, 0.1) is 25.0 Å². The number of ether oxygens (including phenoxy) is 2. The molecule has 2 N–H and O–H groups in total. The van der Waals surface area contributed by atoms with E-state index in [0.29, 0.717) is 47.3 Å². The molecule has 0 atom stereocenters. The molecule has 2 aromatic carbocycles. The second-order valence-corrected chi connectivity index (χ2v) is 7.74. The van der Waals surface area contributed by atoms with E-state index in [0.717, 1.165) is 12.0 Å². The van der Waals surface area contributed by atoms with Gasteiger partial charge in [0.25, 0.3) is 11.8 Å². The summed E-state index contributed by atoms with van der Waals surface area (Å²) in [6.07, 6.45) is 3.92. The SMILES string of the molecule is Cn1cc(C(=O)Nc2ccc(NC(=O)c3ccco3)cc2)c(-c2ccc3c(c2)OCCCO3)n1. The number of rotatable bonds is 5. The number of fused-ring (bicyclic) bond motifs is 1. The molecule has 0 saturated carbocycles. The summed E-state index contributed by atoms with van der Waals surface area (Å²) in [5, 5.41) is 10.1. The van der Waals surface area contributed by atoms with Crippen molar-refractivity contribution in [1.82, 2.24) is 9.78 Å². The van der Waals surface area contributed by atoms with Crippen molar-refractivity contribution in [3.8, 4) is 22.8 Å². The Labute approximate surface area is 195 Å². The van der Waals surface area contributed by atoms with Gasteiger partial charge in [-0.2, -0.15) is 5.10 Å². The highest BCUT2D eigenvalue weighted by molar-refractivity contribution is 6.08. The van der Waals surface area contributed by atoms with Crippen LogP contribution < -0.4 is 20.1 Å². The molecular weight excluding hydrogens is 436 g/mol. The maximum atomic E-state index is 13.1. The zero-order valence-electron chi connectivity index (χ0n) is 18.4. The molecule has 0 radical (unpaired) electrons. The Kier molecular flexibility index (Phi) is 5.73. The first kappa shape index (κ1) is 21.3. The molecule has 0 unspecified atom stereocenters. The Bertz CT molecular complexity index is 1330. The first-order chi connectivity index (χ1) is 16.6. The summed E-state index contributed by atoms with van der Waals surface area (Å²) in [4.78, 5) is 25.2. The number of aromatic nitrogens is 2. The lowest BCUT2D eigenvalue weighted by Gasteiger charge is -2.10. The lowest BCUT2D eigenvalue weighted by Crippen LogP contribution is -2.13. The third-order valence-electron chi connectivity index (χ3n) is 5.24. The van der Waals surface area contributed by atoms with Crippen molar-refractivity contribution in [1.29, 1.82) is 0 Å². The predicted molar refractivity (Wildman–Crippen MR) is 125 cm³/mol. The quantitative estimate of drug-likeness (QED) is 0.461. The number of hydrogen-bond acceptors (Lipinski definition) is 6. The van der Waals surface area contributed by atoms with Crippen molar-refractivity contribution < 1.29 is 23.5 Å². The molecule has 4 aromatic rings. The van der Waals surface area contributed by atoms with Crippen molar-refractivity contribution in [2.75, 3.05) is 23.8 Å². The number of amides is 2. The zero-order chi connectivity index (χ0) is 23.5. The Hall–Kier alpha value is -4.53. The van der Waals surface area contributed by atoms with Crippen LogP contribution in [0.25, 0.3) is 11.3 Å². The van der Waals surface area contributed by atoms with Crippen LogP contribution in [0.1, 0.15) is 27.3 Å². The monoisotopic (exact) mass is 458 g/mol. The molecule has 0 saturated heterocycles. The molecule has 9 nitrogen and oxygen atoms in total. The van der Waals surface area contributed by atoms with E-state index >= 15 is 0 Å². The Morgan fingerprint density at radius 3 is 2.32 bits per heavy atom. The Balaban J connectivity index is 1.32. The van der Waals surface area contributed by atoms with E-state index in [-0.39, 0.29) is 17.6 Å². The summed E-state index contributed by atoms with van der Waals surface area (Å²) in [6.45, 7) is 1.18. The highest BCUT2D eigenvalue weighted by Gasteiger charge is 2.20. The van der Waals surface area contributed by atoms with Crippen LogP contribution in [0.3, 0.4) is 0 Å². The van der Waals surface area contributed by atoms with Gasteiger partial charge in [-0.1, -0.05) is 0 Å². The van der Waals surface area contributed by atoms with Gasteiger partial charge in [0.1, 0.15) is 5.69 Å². The van der Waals surface area contributed by atoms with E-state index in [4.69, 9.17) is 13.9 Å². The van der Waals surface area contributed by atoms with Crippen LogP contribution in [-0.2, 0) is 7.05 Å². The van der Waals surface area contributed by atoms with E-state index in [1.54, 1.807) is 54.3 Å². The van der Waals surface area contributed by atoms with Crippen molar-refractivity contribution in [3.63, 3.8) is 0 Å². The van der Waals surface area contributed by atoms with Gasteiger partial charge >= 0.3 is 0 Å². The van der Waals surface area contributed by atoms with Crippen LogP contribution in [0.2, 0.25) is 0 Å². The van der Waals surface area contributed by atoms with Gasteiger partial charge in [-0.25, -0.2) is 0 Å². The van der Waals surface area contributed by atoms with Crippen LogP contribution >= 0.6 is 0 Å². The number of nitrogens with zero attached hydrogens (tertiary/aromatic N) is 2. The summed E-state index contributed by atoms with van der Waals surface area (Å²) in [5.74, 6) is 0.886. The number of furan rings is 1. The van der Waals surface area contributed by atoms with Crippen LogP contribution in [0.15, 0.2) is 71.5 Å². The van der Waals surface area contributed by atoms with Gasteiger partial charge in [-0.3, -0.25) is 14.3 Å². The van der Waals surface area contributed by atoms with E-state index in [2.05, 4.69) is 15.7 Å².